The first kappa shape index (κ1) is 21.1. The first-order valence-corrected chi connectivity index (χ1v) is 11.1. The molecule has 0 radical (unpaired) electrons. The van der Waals surface area contributed by atoms with Gasteiger partial charge in [0.25, 0.3) is 0 Å². The quantitative estimate of drug-likeness (QED) is 0.326. The Bertz CT molecular complexity index is 1600. The van der Waals surface area contributed by atoms with Crippen LogP contribution in [-0.4, -0.2) is 14.8 Å². The summed E-state index contributed by atoms with van der Waals surface area (Å²) in [6.07, 6.45) is 0.929. The van der Waals surface area contributed by atoms with Crippen LogP contribution in [0.15, 0.2) is 78.9 Å². The predicted octanol–water partition coefficient (Wildman–Crippen LogP) is 6.37. The summed E-state index contributed by atoms with van der Waals surface area (Å²) in [6.45, 7) is 4.02. The van der Waals surface area contributed by atoms with Gasteiger partial charge in [0.2, 0.25) is 0 Å². The molecule has 34 heavy (non-hydrogen) atoms. The van der Waals surface area contributed by atoms with E-state index in [9.17, 15) is 10.5 Å². The van der Waals surface area contributed by atoms with E-state index in [1.54, 1.807) is 6.07 Å². The summed E-state index contributed by atoms with van der Waals surface area (Å²) in [7, 11) is 0. The lowest BCUT2D eigenvalue weighted by Crippen LogP contribution is -2.01. The Balaban J connectivity index is 1.95. The fraction of sp³-hybridized carbons (Fsp3) is 0.103. The molecule has 0 unspecified atom stereocenters. The van der Waals surface area contributed by atoms with E-state index < -0.39 is 0 Å². The summed E-state index contributed by atoms with van der Waals surface area (Å²) in [4.78, 5) is 5.01. The van der Waals surface area contributed by atoms with Crippen LogP contribution in [0.5, 0.6) is 0 Å². The fourth-order valence-corrected chi connectivity index (χ4v) is 4.35. The van der Waals surface area contributed by atoms with Crippen molar-refractivity contribution < 1.29 is 0 Å². The molecule has 0 saturated carbocycles. The van der Waals surface area contributed by atoms with E-state index in [4.69, 9.17) is 10.1 Å². The van der Waals surface area contributed by atoms with Gasteiger partial charge in [-0.15, -0.1) is 0 Å². The number of nitrogens with zero attached hydrogens (tertiary/aromatic N) is 5. The van der Waals surface area contributed by atoms with Crippen molar-refractivity contribution in [1.82, 2.24) is 14.8 Å². The van der Waals surface area contributed by atoms with E-state index in [1.165, 1.54) is 5.56 Å². The third-order valence-electron chi connectivity index (χ3n) is 6.06. The molecule has 5 rings (SSSR count). The zero-order valence-electron chi connectivity index (χ0n) is 18.9. The van der Waals surface area contributed by atoms with Gasteiger partial charge in [0.15, 0.2) is 5.65 Å². The standard InChI is InChI=1S/C29H21N5/c1-3-20-13-15-21(16-14-20)28-25(18-31)27(24-12-8-7-9-22(24)17-30)26-19(2)33-34(29(26)32-28)23-10-5-4-6-11-23/h4-16H,3H2,1-2H3. The van der Waals surface area contributed by atoms with Crippen LogP contribution in [-0.2, 0) is 6.42 Å². The first-order chi connectivity index (χ1) is 16.7. The maximum Gasteiger partial charge on any atom is 0.164 e. The van der Waals surface area contributed by atoms with Gasteiger partial charge in [-0.1, -0.05) is 67.6 Å². The van der Waals surface area contributed by atoms with Crippen molar-refractivity contribution in [2.45, 2.75) is 20.3 Å². The maximum atomic E-state index is 10.4. The lowest BCUT2D eigenvalue weighted by atomic mass is 9.90. The lowest BCUT2D eigenvalue weighted by Gasteiger charge is -2.14. The van der Waals surface area contributed by atoms with E-state index in [-0.39, 0.29) is 0 Å². The molecule has 0 N–H and O–H groups in total. The highest BCUT2D eigenvalue weighted by Gasteiger charge is 2.24. The Hall–Kier alpha value is -4.74. The normalized spacial score (nSPS) is 10.7. The van der Waals surface area contributed by atoms with Gasteiger partial charge in [-0.2, -0.15) is 15.6 Å². The Labute approximate surface area is 198 Å². The van der Waals surface area contributed by atoms with Gasteiger partial charge >= 0.3 is 0 Å². The highest BCUT2D eigenvalue weighted by atomic mass is 15.3. The molecule has 3 aromatic carbocycles. The zero-order chi connectivity index (χ0) is 23.7. The third kappa shape index (κ3) is 3.41. The molecule has 0 bridgehead atoms. The number of aromatic nitrogens is 3. The van der Waals surface area contributed by atoms with Crippen molar-refractivity contribution in [3.05, 3.63) is 101 Å². The summed E-state index contributed by atoms with van der Waals surface area (Å²) >= 11 is 0. The molecule has 2 aromatic heterocycles. The van der Waals surface area contributed by atoms with E-state index in [2.05, 4.69) is 31.2 Å². The van der Waals surface area contributed by atoms with Gasteiger partial charge in [-0.3, -0.25) is 0 Å². The number of pyridine rings is 1. The largest absolute Gasteiger partial charge is 0.226 e. The number of nitriles is 2. The topological polar surface area (TPSA) is 78.3 Å². The van der Waals surface area contributed by atoms with Crippen LogP contribution in [0.3, 0.4) is 0 Å². The van der Waals surface area contributed by atoms with Crippen molar-refractivity contribution in [3.63, 3.8) is 0 Å². The molecule has 0 amide bonds. The summed E-state index contributed by atoms with van der Waals surface area (Å²) < 4.78 is 1.81. The second-order valence-electron chi connectivity index (χ2n) is 8.06. The predicted molar refractivity (Wildman–Crippen MR) is 133 cm³/mol. The average Bonchev–Trinajstić information content (AvgIpc) is 3.24. The van der Waals surface area contributed by atoms with Gasteiger partial charge in [-0.05, 0) is 37.1 Å². The maximum absolute atomic E-state index is 10.4. The van der Waals surface area contributed by atoms with Crippen LogP contribution in [0, 0.1) is 29.6 Å². The zero-order valence-corrected chi connectivity index (χ0v) is 18.9. The SMILES string of the molecule is CCc1ccc(-c2nc3c(c(C)nn3-c3ccccc3)c(-c3ccccc3C#N)c2C#N)cc1. The molecule has 2 heterocycles. The van der Waals surface area contributed by atoms with Crippen LogP contribution in [0.2, 0.25) is 0 Å². The molecule has 162 valence electrons. The molecule has 0 aliphatic carbocycles. The van der Waals surface area contributed by atoms with Gasteiger partial charge < -0.3 is 0 Å². The van der Waals surface area contributed by atoms with Crippen LogP contribution < -0.4 is 0 Å². The number of aryl methyl sites for hydroxylation is 2. The van der Waals surface area contributed by atoms with E-state index in [1.807, 2.05) is 72.3 Å². The van der Waals surface area contributed by atoms with E-state index in [0.717, 1.165) is 28.8 Å². The summed E-state index contributed by atoms with van der Waals surface area (Å²) in [6, 6.07) is 30.0. The van der Waals surface area contributed by atoms with Crippen molar-refractivity contribution in [2.75, 3.05) is 0 Å². The molecule has 5 heteroatoms. The Kier molecular flexibility index (Phi) is 5.38. The molecule has 0 aliphatic heterocycles. The van der Waals surface area contributed by atoms with Crippen LogP contribution >= 0.6 is 0 Å². The molecule has 0 fully saturated rings. The van der Waals surface area contributed by atoms with Crippen molar-refractivity contribution in [2.24, 2.45) is 0 Å². The van der Waals surface area contributed by atoms with Gasteiger partial charge in [-0.25, -0.2) is 9.67 Å². The number of rotatable bonds is 4. The molecule has 5 nitrogen and oxygen atoms in total. The van der Waals surface area contributed by atoms with Gasteiger partial charge in [0.1, 0.15) is 6.07 Å². The molecule has 0 atom stereocenters. The second kappa shape index (κ2) is 8.65. The van der Waals surface area contributed by atoms with Gasteiger partial charge in [0, 0.05) is 16.7 Å². The van der Waals surface area contributed by atoms with Crippen LogP contribution in [0.4, 0.5) is 0 Å². The molecular weight excluding hydrogens is 418 g/mol. The lowest BCUT2D eigenvalue weighted by molar-refractivity contribution is 0.878. The average molecular weight is 440 g/mol. The fourth-order valence-electron chi connectivity index (χ4n) is 4.35. The minimum Gasteiger partial charge on any atom is -0.226 e. The minimum absolute atomic E-state index is 0.440. The highest BCUT2D eigenvalue weighted by Crippen LogP contribution is 2.40. The minimum atomic E-state index is 0.440. The number of hydrogen-bond donors (Lipinski definition) is 0. The number of para-hydroxylation sites is 1. The second-order valence-corrected chi connectivity index (χ2v) is 8.06. The summed E-state index contributed by atoms with van der Waals surface area (Å²) in [5.74, 6) is 0. The molecular formula is C29H21N5. The van der Waals surface area contributed by atoms with Gasteiger partial charge in [0.05, 0.1) is 39.7 Å². The van der Waals surface area contributed by atoms with E-state index in [0.29, 0.717) is 33.6 Å². The summed E-state index contributed by atoms with van der Waals surface area (Å²) in [5.41, 5.74) is 7.27. The Morgan fingerprint density at radius 1 is 0.853 bits per heavy atom. The number of benzene rings is 3. The highest BCUT2D eigenvalue weighted by molar-refractivity contribution is 6.02. The van der Waals surface area contributed by atoms with E-state index >= 15 is 0 Å². The van der Waals surface area contributed by atoms with Crippen LogP contribution in [0.1, 0.15) is 29.3 Å². The number of fused-ring (bicyclic) bond motifs is 1. The Morgan fingerprint density at radius 2 is 1.56 bits per heavy atom. The van der Waals surface area contributed by atoms with Crippen molar-refractivity contribution in [3.8, 4) is 40.2 Å². The number of hydrogen-bond acceptors (Lipinski definition) is 4. The molecule has 0 spiro atoms. The van der Waals surface area contributed by atoms with Crippen LogP contribution in [0.25, 0.3) is 39.1 Å². The van der Waals surface area contributed by atoms with Crippen molar-refractivity contribution >= 4 is 11.0 Å². The molecule has 0 saturated heterocycles. The Morgan fingerprint density at radius 3 is 2.24 bits per heavy atom. The summed E-state index contributed by atoms with van der Waals surface area (Å²) in [5, 5.41) is 25.8. The first-order valence-electron chi connectivity index (χ1n) is 11.1. The molecule has 5 aromatic rings. The monoisotopic (exact) mass is 439 g/mol. The molecule has 0 aliphatic rings. The third-order valence-corrected chi connectivity index (χ3v) is 6.06. The van der Waals surface area contributed by atoms with Crippen molar-refractivity contribution in [1.29, 1.82) is 10.5 Å². The smallest absolute Gasteiger partial charge is 0.164 e.